The highest BCUT2D eigenvalue weighted by Gasteiger charge is 2.12. The number of benzene rings is 1. The molecule has 7 nitrogen and oxygen atoms in total. The minimum Gasteiger partial charge on any atom is -0.452 e. The number of rotatable bonds is 5. The molecule has 0 saturated carbocycles. The van der Waals surface area contributed by atoms with Crippen LogP contribution in [-0.2, 0) is 9.53 Å². The minimum atomic E-state index is -0.635. The van der Waals surface area contributed by atoms with Crippen molar-refractivity contribution in [3.8, 4) is 5.82 Å². The van der Waals surface area contributed by atoms with Gasteiger partial charge in [-0.25, -0.2) is 14.5 Å². The molecule has 1 aromatic carbocycles. The molecule has 0 fully saturated rings. The third-order valence-electron chi connectivity index (χ3n) is 3.65. The molecule has 2 aromatic heterocycles. The fourth-order valence-electron chi connectivity index (χ4n) is 2.47. The summed E-state index contributed by atoms with van der Waals surface area (Å²) in [4.78, 5) is 28.2. The summed E-state index contributed by atoms with van der Waals surface area (Å²) in [6.45, 7) is 3.40. The predicted molar refractivity (Wildman–Crippen MR) is 101 cm³/mol. The normalized spacial score (nSPS) is 10.5. The summed E-state index contributed by atoms with van der Waals surface area (Å²) in [5.41, 5.74) is 2.59. The average Bonchev–Trinajstić information content (AvgIpc) is 2.98. The number of hydrogen-bond donors (Lipinski definition) is 1. The van der Waals surface area contributed by atoms with E-state index < -0.39 is 18.5 Å². The van der Waals surface area contributed by atoms with Crippen LogP contribution in [0.25, 0.3) is 5.82 Å². The van der Waals surface area contributed by atoms with E-state index in [4.69, 9.17) is 16.3 Å². The van der Waals surface area contributed by atoms with E-state index in [1.54, 1.807) is 41.1 Å². The molecule has 27 heavy (non-hydrogen) atoms. The van der Waals surface area contributed by atoms with Crippen LogP contribution in [0.1, 0.15) is 21.7 Å². The predicted octanol–water partition coefficient (Wildman–Crippen LogP) is 3.33. The lowest BCUT2D eigenvalue weighted by atomic mass is 10.3. The lowest BCUT2D eigenvalue weighted by molar-refractivity contribution is -0.119. The Morgan fingerprint density at radius 3 is 2.63 bits per heavy atom. The summed E-state index contributed by atoms with van der Waals surface area (Å²) in [6.07, 6.45) is 1.39. The van der Waals surface area contributed by atoms with Crippen LogP contribution in [0.4, 0.5) is 5.69 Å². The van der Waals surface area contributed by atoms with Gasteiger partial charge in [-0.3, -0.25) is 4.79 Å². The highest BCUT2D eigenvalue weighted by Crippen LogP contribution is 2.15. The molecule has 2 heterocycles. The number of pyridine rings is 1. The lowest BCUT2D eigenvalue weighted by Crippen LogP contribution is -2.21. The number of nitrogens with zero attached hydrogens (tertiary/aromatic N) is 3. The van der Waals surface area contributed by atoms with Crippen molar-refractivity contribution in [1.82, 2.24) is 14.8 Å². The van der Waals surface area contributed by atoms with Crippen LogP contribution in [0.15, 0.2) is 48.7 Å². The minimum absolute atomic E-state index is 0.246. The Morgan fingerprint density at radius 1 is 1.19 bits per heavy atom. The topological polar surface area (TPSA) is 86.1 Å². The molecule has 0 aliphatic heterocycles. The van der Waals surface area contributed by atoms with Crippen LogP contribution >= 0.6 is 11.6 Å². The van der Waals surface area contributed by atoms with Crippen molar-refractivity contribution in [2.45, 2.75) is 13.8 Å². The summed E-state index contributed by atoms with van der Waals surface area (Å²) in [5, 5.41) is 7.44. The van der Waals surface area contributed by atoms with Crippen molar-refractivity contribution in [3.05, 3.63) is 70.6 Å². The Balaban J connectivity index is 1.58. The second-order valence-corrected chi connectivity index (χ2v) is 6.32. The molecule has 0 aliphatic rings. The van der Waals surface area contributed by atoms with Crippen molar-refractivity contribution in [2.75, 3.05) is 11.9 Å². The van der Waals surface area contributed by atoms with Crippen LogP contribution in [0, 0.1) is 13.8 Å². The number of ether oxygens (including phenoxy) is 1. The Bertz CT molecular complexity index is 983. The first-order valence-corrected chi connectivity index (χ1v) is 8.52. The number of carbonyl (C=O) groups is 2. The van der Waals surface area contributed by atoms with Gasteiger partial charge in [-0.1, -0.05) is 17.7 Å². The monoisotopic (exact) mass is 384 g/mol. The van der Waals surface area contributed by atoms with E-state index in [2.05, 4.69) is 15.4 Å². The van der Waals surface area contributed by atoms with Gasteiger partial charge >= 0.3 is 5.97 Å². The Hall–Kier alpha value is -3.19. The van der Waals surface area contributed by atoms with E-state index in [1.807, 2.05) is 19.9 Å². The van der Waals surface area contributed by atoms with E-state index in [0.29, 0.717) is 16.5 Å². The molecule has 0 saturated heterocycles. The molecule has 1 N–H and O–H groups in total. The van der Waals surface area contributed by atoms with E-state index in [-0.39, 0.29) is 5.56 Å². The molecule has 1 amide bonds. The third kappa shape index (κ3) is 4.71. The first-order chi connectivity index (χ1) is 12.9. The zero-order chi connectivity index (χ0) is 19.4. The molecule has 0 bridgehead atoms. The number of hydrogen-bond acceptors (Lipinski definition) is 5. The maximum atomic E-state index is 12.1. The molecular formula is C19H17ClN4O3. The van der Waals surface area contributed by atoms with E-state index >= 15 is 0 Å². The zero-order valence-electron chi connectivity index (χ0n) is 14.8. The van der Waals surface area contributed by atoms with E-state index in [9.17, 15) is 9.59 Å². The number of halogens is 1. The molecular weight excluding hydrogens is 368 g/mol. The Morgan fingerprint density at radius 2 is 2.00 bits per heavy atom. The number of nitrogens with one attached hydrogen (secondary N) is 1. The Labute approximate surface area is 160 Å². The van der Waals surface area contributed by atoms with Crippen molar-refractivity contribution in [2.24, 2.45) is 0 Å². The van der Waals surface area contributed by atoms with Crippen LogP contribution < -0.4 is 5.32 Å². The van der Waals surface area contributed by atoms with Crippen molar-refractivity contribution < 1.29 is 14.3 Å². The number of amides is 1. The van der Waals surface area contributed by atoms with Gasteiger partial charge in [0.1, 0.15) is 0 Å². The SMILES string of the molecule is Cc1cc(C)n(-c2ccc(C(=O)OCC(=O)Nc3cccc(Cl)c3)cn2)n1. The fourth-order valence-corrected chi connectivity index (χ4v) is 2.66. The van der Waals surface area contributed by atoms with E-state index in [1.165, 1.54) is 6.20 Å². The molecule has 0 atom stereocenters. The average molecular weight is 385 g/mol. The standard InChI is InChI=1S/C19H17ClN4O3/c1-12-8-13(2)24(23-12)17-7-6-14(10-21-17)19(26)27-11-18(25)22-16-5-3-4-15(20)9-16/h3-10H,11H2,1-2H3,(H,22,25). The molecule has 3 rings (SSSR count). The molecule has 0 radical (unpaired) electrons. The molecule has 3 aromatic rings. The molecule has 138 valence electrons. The number of anilines is 1. The van der Waals surface area contributed by atoms with Crippen LogP contribution in [-0.4, -0.2) is 33.2 Å². The lowest BCUT2D eigenvalue weighted by Gasteiger charge is -2.07. The van der Waals surface area contributed by atoms with Crippen molar-refractivity contribution in [3.63, 3.8) is 0 Å². The number of carbonyl (C=O) groups excluding carboxylic acids is 2. The van der Waals surface area contributed by atoms with Crippen LogP contribution in [0.3, 0.4) is 0 Å². The largest absolute Gasteiger partial charge is 0.452 e. The van der Waals surface area contributed by atoms with Gasteiger partial charge in [0, 0.05) is 22.6 Å². The zero-order valence-corrected chi connectivity index (χ0v) is 15.5. The fraction of sp³-hybridized carbons (Fsp3) is 0.158. The second kappa shape index (κ2) is 8.01. The molecule has 8 heteroatoms. The molecule has 0 spiro atoms. The first-order valence-electron chi connectivity index (χ1n) is 8.14. The summed E-state index contributed by atoms with van der Waals surface area (Å²) in [7, 11) is 0. The summed E-state index contributed by atoms with van der Waals surface area (Å²) in [5.74, 6) is -0.502. The number of esters is 1. The maximum Gasteiger partial charge on any atom is 0.340 e. The molecule has 0 unspecified atom stereocenters. The van der Waals surface area contributed by atoms with Gasteiger partial charge in [-0.15, -0.1) is 0 Å². The molecule has 0 aliphatic carbocycles. The van der Waals surface area contributed by atoms with Gasteiger partial charge in [0.25, 0.3) is 5.91 Å². The van der Waals surface area contributed by atoms with Gasteiger partial charge in [-0.2, -0.15) is 5.10 Å². The highest BCUT2D eigenvalue weighted by molar-refractivity contribution is 6.30. The smallest absolute Gasteiger partial charge is 0.340 e. The summed E-state index contributed by atoms with van der Waals surface area (Å²) >= 11 is 5.85. The first kappa shape index (κ1) is 18.6. The third-order valence-corrected chi connectivity index (χ3v) is 3.89. The van der Waals surface area contributed by atoms with Gasteiger partial charge in [0.2, 0.25) is 0 Å². The number of aromatic nitrogens is 3. The van der Waals surface area contributed by atoms with E-state index in [0.717, 1.165) is 11.4 Å². The Kier molecular flexibility index (Phi) is 5.52. The van der Waals surface area contributed by atoms with Crippen molar-refractivity contribution >= 4 is 29.2 Å². The number of aryl methyl sites for hydroxylation is 2. The van der Waals surface area contributed by atoms with Gasteiger partial charge in [0.05, 0.1) is 11.3 Å². The highest BCUT2D eigenvalue weighted by atomic mass is 35.5. The van der Waals surface area contributed by atoms with Crippen molar-refractivity contribution in [1.29, 1.82) is 0 Å². The van der Waals surface area contributed by atoms with Crippen LogP contribution in [0.2, 0.25) is 5.02 Å². The van der Waals surface area contributed by atoms with Gasteiger partial charge in [-0.05, 0) is 50.2 Å². The van der Waals surface area contributed by atoms with Crippen LogP contribution in [0.5, 0.6) is 0 Å². The van der Waals surface area contributed by atoms with Gasteiger partial charge in [0.15, 0.2) is 12.4 Å². The second-order valence-electron chi connectivity index (χ2n) is 5.88. The summed E-state index contributed by atoms with van der Waals surface area (Å²) < 4.78 is 6.70. The summed E-state index contributed by atoms with van der Waals surface area (Å²) in [6, 6.07) is 11.9. The van der Waals surface area contributed by atoms with Gasteiger partial charge < -0.3 is 10.1 Å². The maximum absolute atomic E-state index is 12.1. The quantitative estimate of drug-likeness (QED) is 0.682.